The summed E-state index contributed by atoms with van der Waals surface area (Å²) < 4.78 is 5.97. The molecule has 37 heavy (non-hydrogen) atoms. The first kappa shape index (κ1) is 21.7. The number of hydrogen-bond acceptors (Lipinski definition) is 3. The molecule has 0 spiro atoms. The maximum Gasteiger partial charge on any atom is 0.407 e. The van der Waals surface area contributed by atoms with Crippen molar-refractivity contribution in [3.8, 4) is 11.1 Å². The Morgan fingerprint density at radius 2 is 1.76 bits per heavy atom. The van der Waals surface area contributed by atoms with Gasteiger partial charge in [0.25, 0.3) is 5.91 Å². The summed E-state index contributed by atoms with van der Waals surface area (Å²) in [5.74, 6) is -0.272. The molecule has 0 fully saturated rings. The number of carbonyl (C=O) groups excluding carboxylic acids is 2. The third-order valence-electron chi connectivity index (χ3n) is 7.67. The molecule has 3 N–H and O–H groups in total. The van der Waals surface area contributed by atoms with E-state index in [9.17, 15) is 9.59 Å². The maximum atomic E-state index is 13.2. The van der Waals surface area contributed by atoms with Crippen LogP contribution in [0.3, 0.4) is 0 Å². The highest BCUT2D eigenvalue weighted by atomic mass is 16.6. The monoisotopic (exact) mass is 487 g/mol. The molecule has 182 valence electrons. The second-order valence-electron chi connectivity index (χ2n) is 9.76. The molecule has 0 saturated heterocycles. The molecular formula is C31H25N3O3. The lowest BCUT2D eigenvalue weighted by molar-refractivity contribution is 0.0960. The summed E-state index contributed by atoms with van der Waals surface area (Å²) in [6, 6.07) is 26.1. The van der Waals surface area contributed by atoms with Crippen molar-refractivity contribution in [1.82, 2.24) is 15.6 Å². The van der Waals surface area contributed by atoms with Crippen molar-refractivity contribution in [2.45, 2.75) is 32.0 Å². The van der Waals surface area contributed by atoms with Crippen LogP contribution in [-0.4, -0.2) is 23.1 Å². The molecule has 2 heterocycles. The number of fused-ring (bicyclic) bond motifs is 10. The number of benzene rings is 4. The summed E-state index contributed by atoms with van der Waals surface area (Å²) in [5.41, 5.74) is 8.86. The van der Waals surface area contributed by atoms with Gasteiger partial charge in [-0.3, -0.25) is 4.79 Å². The maximum absolute atomic E-state index is 13.2. The zero-order chi connectivity index (χ0) is 25.1. The van der Waals surface area contributed by atoms with Gasteiger partial charge in [0.2, 0.25) is 0 Å². The van der Waals surface area contributed by atoms with Crippen LogP contribution in [0.1, 0.15) is 45.5 Å². The molecule has 2 atom stereocenters. The van der Waals surface area contributed by atoms with Crippen LogP contribution >= 0.6 is 0 Å². The van der Waals surface area contributed by atoms with E-state index >= 15 is 0 Å². The molecule has 5 aromatic rings. The first-order chi connectivity index (χ1) is 18.1. The molecular weight excluding hydrogens is 462 g/mol. The van der Waals surface area contributed by atoms with Crippen LogP contribution in [-0.2, 0) is 17.8 Å². The minimum Gasteiger partial charge on any atom is -0.446 e. The van der Waals surface area contributed by atoms with Crippen molar-refractivity contribution in [2.75, 3.05) is 0 Å². The number of H-pyrrole nitrogens is 1. The zero-order valence-corrected chi connectivity index (χ0v) is 20.3. The Balaban J connectivity index is 1.36. The Kier molecular flexibility index (Phi) is 4.83. The van der Waals surface area contributed by atoms with Gasteiger partial charge in [0.1, 0.15) is 6.10 Å². The average molecular weight is 488 g/mol. The summed E-state index contributed by atoms with van der Waals surface area (Å²) in [6.07, 6.45) is -0.927. The molecule has 0 bridgehead atoms. The number of para-hydroxylation sites is 1. The minimum atomic E-state index is -0.464. The van der Waals surface area contributed by atoms with Crippen LogP contribution < -0.4 is 10.6 Å². The number of carbonyl (C=O) groups is 2. The topological polar surface area (TPSA) is 83.2 Å². The average Bonchev–Trinajstić information content (AvgIpc) is 3.59. The van der Waals surface area contributed by atoms with Crippen LogP contribution in [0.25, 0.3) is 32.9 Å². The summed E-state index contributed by atoms with van der Waals surface area (Å²) in [7, 11) is 0. The molecule has 6 heteroatoms. The lowest BCUT2D eigenvalue weighted by atomic mass is 9.87. The smallest absolute Gasteiger partial charge is 0.407 e. The van der Waals surface area contributed by atoms with Gasteiger partial charge in [-0.25, -0.2) is 4.79 Å². The number of nitrogens with one attached hydrogen (secondary N) is 3. The zero-order valence-electron chi connectivity index (χ0n) is 20.3. The molecule has 0 radical (unpaired) electrons. The van der Waals surface area contributed by atoms with Gasteiger partial charge in [-0.05, 0) is 40.8 Å². The molecule has 6 nitrogen and oxygen atoms in total. The highest BCUT2D eigenvalue weighted by Gasteiger charge is 2.41. The van der Waals surface area contributed by atoms with Gasteiger partial charge in [-0.2, -0.15) is 0 Å². The van der Waals surface area contributed by atoms with Crippen molar-refractivity contribution in [1.29, 1.82) is 0 Å². The molecule has 0 saturated carbocycles. The predicted octanol–water partition coefficient (Wildman–Crippen LogP) is 5.99. The van der Waals surface area contributed by atoms with Crippen LogP contribution in [0.4, 0.5) is 4.79 Å². The van der Waals surface area contributed by atoms with E-state index in [2.05, 4.69) is 39.9 Å². The van der Waals surface area contributed by atoms with Gasteiger partial charge in [0, 0.05) is 40.9 Å². The Hall–Kier alpha value is -4.58. The number of alkyl carbamates (subject to hydrolysis) is 1. The first-order valence-electron chi connectivity index (χ1n) is 12.6. The van der Waals surface area contributed by atoms with E-state index in [4.69, 9.17) is 4.74 Å². The molecule has 2 aliphatic rings. The van der Waals surface area contributed by atoms with Crippen molar-refractivity contribution in [3.63, 3.8) is 0 Å². The van der Waals surface area contributed by atoms with Crippen LogP contribution in [0.5, 0.6) is 0 Å². The Bertz CT molecular complexity index is 1720. The molecule has 4 aromatic carbocycles. The summed E-state index contributed by atoms with van der Waals surface area (Å²) >= 11 is 0. The first-order valence-corrected chi connectivity index (χ1v) is 12.6. The van der Waals surface area contributed by atoms with E-state index in [-0.39, 0.29) is 11.8 Å². The SMILES string of the molecule is C[C@@H](OC(=O)NCc1ccccc1)[C@H]1c2ccccc2-c2c3c(c4c([nH]c5ccccc54)c21)CNC3=O. The number of ether oxygens (including phenoxy) is 1. The number of hydrogen-bond donors (Lipinski definition) is 3. The van der Waals surface area contributed by atoms with E-state index in [1.165, 1.54) is 0 Å². The second kappa shape index (κ2) is 8.23. The molecule has 0 unspecified atom stereocenters. The molecule has 2 amide bonds. The van der Waals surface area contributed by atoms with E-state index < -0.39 is 12.2 Å². The van der Waals surface area contributed by atoms with Crippen molar-refractivity contribution in [3.05, 3.63) is 107 Å². The van der Waals surface area contributed by atoms with Crippen LogP contribution in [0.2, 0.25) is 0 Å². The van der Waals surface area contributed by atoms with Gasteiger partial charge in [-0.1, -0.05) is 72.8 Å². The summed E-state index contributed by atoms with van der Waals surface area (Å²) in [4.78, 5) is 29.7. The summed E-state index contributed by atoms with van der Waals surface area (Å²) in [6.45, 7) is 2.82. The van der Waals surface area contributed by atoms with Gasteiger partial charge in [0.05, 0.1) is 11.1 Å². The third kappa shape index (κ3) is 3.25. The molecule has 1 aliphatic heterocycles. The highest BCUT2D eigenvalue weighted by Crippen LogP contribution is 2.54. The Labute approximate surface area is 213 Å². The van der Waals surface area contributed by atoms with Gasteiger partial charge in [0.15, 0.2) is 0 Å². The standard InChI is InChI=1S/C31H25N3O3/c1-17(37-31(36)33-15-18-9-3-2-4-10-18)24-19-11-5-6-12-20(19)26-27-22(16-32-30(27)35)25-21-13-7-8-14-23(21)34-29(25)28(24)26/h2-14,17,24,34H,15-16H2,1H3,(H,32,35)(H,33,36)/t17-,24+/m1/s1. The van der Waals surface area contributed by atoms with Gasteiger partial charge >= 0.3 is 6.09 Å². The highest BCUT2D eigenvalue weighted by molar-refractivity contribution is 6.20. The fourth-order valence-corrected chi connectivity index (χ4v) is 6.16. The van der Waals surface area contributed by atoms with E-state index in [1.54, 1.807) is 0 Å². The lowest BCUT2D eigenvalue weighted by Gasteiger charge is -2.23. The number of aromatic nitrogens is 1. The van der Waals surface area contributed by atoms with Gasteiger partial charge < -0.3 is 20.4 Å². The number of amides is 2. The van der Waals surface area contributed by atoms with Gasteiger partial charge in [-0.15, -0.1) is 0 Å². The Morgan fingerprint density at radius 1 is 1.00 bits per heavy atom. The summed E-state index contributed by atoms with van der Waals surface area (Å²) in [5, 5.41) is 8.09. The fourth-order valence-electron chi connectivity index (χ4n) is 6.16. The second-order valence-corrected chi connectivity index (χ2v) is 9.76. The minimum absolute atomic E-state index is 0.0527. The van der Waals surface area contributed by atoms with Crippen LogP contribution in [0, 0.1) is 0 Å². The molecule has 1 aromatic heterocycles. The third-order valence-corrected chi connectivity index (χ3v) is 7.67. The fraction of sp³-hybridized carbons (Fsp3) is 0.161. The van der Waals surface area contributed by atoms with E-state index in [1.807, 2.05) is 61.5 Å². The number of rotatable bonds is 4. The van der Waals surface area contributed by atoms with Crippen LogP contribution in [0.15, 0.2) is 78.9 Å². The lowest BCUT2D eigenvalue weighted by Crippen LogP contribution is -2.30. The predicted molar refractivity (Wildman–Crippen MR) is 143 cm³/mol. The van der Waals surface area contributed by atoms with Crippen molar-refractivity contribution < 1.29 is 14.3 Å². The quantitative estimate of drug-likeness (QED) is 0.291. The van der Waals surface area contributed by atoms with E-state index in [0.29, 0.717) is 13.1 Å². The largest absolute Gasteiger partial charge is 0.446 e. The number of aromatic amines is 1. The van der Waals surface area contributed by atoms with Crippen molar-refractivity contribution >= 4 is 33.8 Å². The Morgan fingerprint density at radius 3 is 2.62 bits per heavy atom. The molecule has 7 rings (SSSR count). The van der Waals surface area contributed by atoms with Crippen molar-refractivity contribution in [2.24, 2.45) is 0 Å². The normalized spacial score (nSPS) is 16.2. The van der Waals surface area contributed by atoms with E-state index in [0.717, 1.165) is 60.8 Å². The molecule has 1 aliphatic carbocycles.